The highest BCUT2D eigenvalue weighted by atomic mass is 35.5. The molecule has 0 heterocycles. The Morgan fingerprint density at radius 3 is 2.25 bits per heavy atom. The summed E-state index contributed by atoms with van der Waals surface area (Å²) in [6.45, 7) is 0. The summed E-state index contributed by atoms with van der Waals surface area (Å²) in [5.41, 5.74) is 7.11. The van der Waals surface area contributed by atoms with Crippen LogP contribution in [0.1, 0.15) is 24.3 Å². The van der Waals surface area contributed by atoms with Gasteiger partial charge < -0.3 is 10.8 Å². The zero-order chi connectivity index (χ0) is 20.7. The molecule has 0 aliphatic heterocycles. The maximum absolute atomic E-state index is 13.5. The first-order valence-electron chi connectivity index (χ1n) is 8.68. The summed E-state index contributed by atoms with van der Waals surface area (Å²) in [5, 5.41) is 9.25. The number of thioether (sulfide) groups is 1. The minimum atomic E-state index is -4.36. The van der Waals surface area contributed by atoms with E-state index < -0.39 is 24.1 Å². The molecule has 0 spiro atoms. The van der Waals surface area contributed by atoms with Gasteiger partial charge in [0.05, 0.1) is 5.92 Å². The van der Waals surface area contributed by atoms with Crippen LogP contribution in [0.2, 0.25) is 5.02 Å². The molecule has 3 nitrogen and oxygen atoms in total. The van der Waals surface area contributed by atoms with Crippen molar-refractivity contribution in [3.8, 4) is 11.1 Å². The van der Waals surface area contributed by atoms with E-state index in [1.54, 1.807) is 24.3 Å². The molecule has 0 aliphatic rings. The van der Waals surface area contributed by atoms with Crippen molar-refractivity contribution in [2.75, 3.05) is 11.5 Å². The second kappa shape index (κ2) is 10.2. The van der Waals surface area contributed by atoms with Gasteiger partial charge in [0.15, 0.2) is 0 Å². The SMILES string of the molecule is NC(CCSCCC(c1ccc(-c2ccccc2Cl)cc1)C(F)(F)F)C(=O)O. The standard InChI is InChI=1S/C20H21ClF3NO2S/c21-17-4-2-1-3-15(17)13-5-7-14(8-6-13)16(20(22,23)24)9-11-28-12-10-18(25)19(26)27/h1-8,16,18H,9-12,25H2,(H,26,27). The van der Waals surface area contributed by atoms with Gasteiger partial charge in [-0.05, 0) is 41.5 Å². The van der Waals surface area contributed by atoms with E-state index in [9.17, 15) is 18.0 Å². The van der Waals surface area contributed by atoms with Gasteiger partial charge in [0, 0.05) is 10.6 Å². The Kier molecular flexibility index (Phi) is 8.22. The number of nitrogens with two attached hydrogens (primary N) is 1. The summed E-state index contributed by atoms with van der Waals surface area (Å²) in [6, 6.07) is 12.4. The van der Waals surface area contributed by atoms with Crippen molar-refractivity contribution in [3.05, 3.63) is 59.1 Å². The zero-order valence-corrected chi connectivity index (χ0v) is 16.5. The lowest BCUT2D eigenvalue weighted by molar-refractivity contribution is -0.150. The quantitative estimate of drug-likeness (QED) is 0.509. The van der Waals surface area contributed by atoms with Crippen molar-refractivity contribution < 1.29 is 23.1 Å². The third-order valence-electron chi connectivity index (χ3n) is 4.33. The topological polar surface area (TPSA) is 63.3 Å². The van der Waals surface area contributed by atoms with Gasteiger partial charge in [-0.3, -0.25) is 4.79 Å². The second-order valence-corrected chi connectivity index (χ2v) is 7.96. The molecule has 0 radical (unpaired) electrons. The van der Waals surface area contributed by atoms with E-state index in [-0.39, 0.29) is 24.2 Å². The highest BCUT2D eigenvalue weighted by Gasteiger charge is 2.40. The lowest BCUT2D eigenvalue weighted by Crippen LogP contribution is -2.30. The van der Waals surface area contributed by atoms with Crippen LogP contribution in [-0.2, 0) is 4.79 Å². The van der Waals surface area contributed by atoms with Crippen molar-refractivity contribution in [3.63, 3.8) is 0 Å². The predicted octanol–water partition coefficient (Wildman–Crippen LogP) is 5.58. The summed E-state index contributed by atoms with van der Waals surface area (Å²) in [7, 11) is 0. The Balaban J connectivity index is 2.01. The smallest absolute Gasteiger partial charge is 0.395 e. The van der Waals surface area contributed by atoms with E-state index in [1.165, 1.54) is 23.9 Å². The largest absolute Gasteiger partial charge is 0.480 e. The Morgan fingerprint density at radius 1 is 1.07 bits per heavy atom. The van der Waals surface area contributed by atoms with Gasteiger partial charge in [0.25, 0.3) is 0 Å². The van der Waals surface area contributed by atoms with Crippen LogP contribution in [0.15, 0.2) is 48.5 Å². The zero-order valence-electron chi connectivity index (χ0n) is 15.0. The minimum Gasteiger partial charge on any atom is -0.480 e. The third kappa shape index (κ3) is 6.43. The Morgan fingerprint density at radius 2 is 1.68 bits per heavy atom. The fraction of sp³-hybridized carbons (Fsp3) is 0.350. The van der Waals surface area contributed by atoms with E-state index in [4.69, 9.17) is 22.4 Å². The average Bonchev–Trinajstić information content (AvgIpc) is 2.64. The van der Waals surface area contributed by atoms with Gasteiger partial charge in [-0.2, -0.15) is 24.9 Å². The number of carboxylic acids is 1. The fourth-order valence-corrected chi connectivity index (χ4v) is 4.02. The summed E-state index contributed by atoms with van der Waals surface area (Å²) in [5.74, 6) is -2.01. The van der Waals surface area contributed by atoms with Crippen molar-refractivity contribution in [1.29, 1.82) is 0 Å². The predicted molar refractivity (Wildman–Crippen MR) is 108 cm³/mol. The number of benzene rings is 2. The number of hydrogen-bond acceptors (Lipinski definition) is 3. The van der Waals surface area contributed by atoms with Crippen LogP contribution in [0.5, 0.6) is 0 Å². The Labute approximate surface area is 171 Å². The first-order valence-corrected chi connectivity index (χ1v) is 10.2. The lowest BCUT2D eigenvalue weighted by atomic mass is 9.93. The molecule has 2 atom stereocenters. The molecule has 2 rings (SSSR count). The maximum atomic E-state index is 13.5. The highest BCUT2D eigenvalue weighted by Crippen LogP contribution is 2.39. The van der Waals surface area contributed by atoms with Gasteiger partial charge in [-0.25, -0.2) is 0 Å². The van der Waals surface area contributed by atoms with Crippen LogP contribution in [0.4, 0.5) is 13.2 Å². The maximum Gasteiger partial charge on any atom is 0.395 e. The summed E-state index contributed by atoms with van der Waals surface area (Å²) >= 11 is 7.42. The molecule has 0 amide bonds. The van der Waals surface area contributed by atoms with Crippen LogP contribution >= 0.6 is 23.4 Å². The molecule has 2 aromatic rings. The second-order valence-electron chi connectivity index (χ2n) is 6.33. The molecular weight excluding hydrogens is 411 g/mol. The lowest BCUT2D eigenvalue weighted by Gasteiger charge is -2.21. The number of alkyl halides is 3. The van der Waals surface area contributed by atoms with E-state index in [0.29, 0.717) is 10.8 Å². The first-order chi connectivity index (χ1) is 13.2. The van der Waals surface area contributed by atoms with Crippen LogP contribution in [-0.4, -0.2) is 34.8 Å². The van der Waals surface area contributed by atoms with E-state index in [0.717, 1.165) is 11.1 Å². The molecule has 2 aromatic carbocycles. The van der Waals surface area contributed by atoms with Gasteiger partial charge in [-0.1, -0.05) is 54.1 Å². The number of aliphatic carboxylic acids is 1. The van der Waals surface area contributed by atoms with E-state index in [1.807, 2.05) is 12.1 Å². The van der Waals surface area contributed by atoms with Crippen LogP contribution in [0, 0.1) is 0 Å². The van der Waals surface area contributed by atoms with E-state index in [2.05, 4.69) is 0 Å². The van der Waals surface area contributed by atoms with Crippen molar-refractivity contribution in [2.45, 2.75) is 31.0 Å². The third-order valence-corrected chi connectivity index (χ3v) is 5.71. The van der Waals surface area contributed by atoms with Crippen LogP contribution in [0.3, 0.4) is 0 Å². The summed E-state index contributed by atoms with van der Waals surface area (Å²) < 4.78 is 40.5. The molecule has 0 fully saturated rings. The van der Waals surface area contributed by atoms with Gasteiger partial charge >= 0.3 is 12.1 Å². The van der Waals surface area contributed by atoms with Crippen LogP contribution < -0.4 is 5.73 Å². The highest BCUT2D eigenvalue weighted by molar-refractivity contribution is 7.99. The van der Waals surface area contributed by atoms with E-state index >= 15 is 0 Å². The molecule has 28 heavy (non-hydrogen) atoms. The molecule has 0 bridgehead atoms. The van der Waals surface area contributed by atoms with Crippen molar-refractivity contribution in [1.82, 2.24) is 0 Å². The average molecular weight is 432 g/mol. The fourth-order valence-electron chi connectivity index (χ4n) is 2.75. The normalized spacial score (nSPS) is 13.9. The Hall–Kier alpha value is -1.70. The molecule has 0 saturated carbocycles. The molecule has 0 aliphatic carbocycles. The molecule has 0 aromatic heterocycles. The number of carbonyl (C=O) groups is 1. The van der Waals surface area contributed by atoms with Crippen LogP contribution in [0.25, 0.3) is 11.1 Å². The minimum absolute atomic E-state index is 0.0814. The summed E-state index contributed by atoms with van der Waals surface area (Å²) in [4.78, 5) is 10.6. The first kappa shape index (κ1) is 22.6. The molecule has 2 unspecified atom stereocenters. The molecular formula is C20H21ClF3NO2S. The number of hydrogen-bond donors (Lipinski definition) is 2. The van der Waals surface area contributed by atoms with Gasteiger partial charge in [-0.15, -0.1) is 0 Å². The number of rotatable bonds is 9. The van der Waals surface area contributed by atoms with Gasteiger partial charge in [0.1, 0.15) is 6.04 Å². The molecule has 3 N–H and O–H groups in total. The monoisotopic (exact) mass is 431 g/mol. The summed E-state index contributed by atoms with van der Waals surface area (Å²) in [6.07, 6.45) is -4.21. The van der Waals surface area contributed by atoms with Crippen molar-refractivity contribution >= 4 is 29.3 Å². The molecule has 152 valence electrons. The van der Waals surface area contributed by atoms with Gasteiger partial charge in [0.2, 0.25) is 0 Å². The number of carboxylic acid groups (broad SMARTS) is 1. The van der Waals surface area contributed by atoms with Crippen molar-refractivity contribution in [2.24, 2.45) is 5.73 Å². The Bertz CT molecular complexity index is 784. The molecule has 8 heteroatoms. The molecule has 0 saturated heterocycles. The number of halogens is 4.